The molecule has 1 saturated carbocycles. The van der Waals surface area contributed by atoms with Gasteiger partial charge in [0, 0.05) is 16.4 Å². The Morgan fingerprint density at radius 1 is 1.35 bits per heavy atom. The Morgan fingerprint density at radius 3 is 3.00 bits per heavy atom. The zero-order valence-corrected chi connectivity index (χ0v) is 19.1. The molecule has 0 bridgehead atoms. The molecular weight excluding hydrogens is 480 g/mol. The summed E-state index contributed by atoms with van der Waals surface area (Å²) in [7, 11) is 0. The van der Waals surface area contributed by atoms with E-state index in [0.717, 1.165) is 18.4 Å². The Labute approximate surface area is 192 Å². The van der Waals surface area contributed by atoms with Crippen molar-refractivity contribution in [1.29, 1.82) is 0 Å². The molecule has 5 rings (SSSR count). The normalized spacial score (nSPS) is 27.6. The van der Waals surface area contributed by atoms with Crippen LogP contribution in [0.15, 0.2) is 59.8 Å². The van der Waals surface area contributed by atoms with E-state index in [4.69, 9.17) is 9.47 Å². The van der Waals surface area contributed by atoms with E-state index in [2.05, 4.69) is 27.5 Å². The highest BCUT2D eigenvalue weighted by molar-refractivity contribution is 9.09. The van der Waals surface area contributed by atoms with Crippen molar-refractivity contribution in [1.82, 2.24) is 4.98 Å². The average Bonchev–Trinajstić information content (AvgIpc) is 3.40. The van der Waals surface area contributed by atoms with Crippen LogP contribution < -0.4 is 9.64 Å². The number of fused-ring (bicyclic) bond motifs is 1. The summed E-state index contributed by atoms with van der Waals surface area (Å²) in [6.07, 6.45) is 5.47. The van der Waals surface area contributed by atoms with Crippen LogP contribution in [0.25, 0.3) is 0 Å². The minimum Gasteiger partial charge on any atom is -0.490 e. The number of anilines is 1. The predicted octanol–water partition coefficient (Wildman–Crippen LogP) is 4.58. The summed E-state index contributed by atoms with van der Waals surface area (Å²) in [5, 5.41) is 2.36. The van der Waals surface area contributed by atoms with Crippen LogP contribution in [0.4, 0.5) is 5.13 Å². The van der Waals surface area contributed by atoms with Gasteiger partial charge in [0.1, 0.15) is 18.5 Å². The second kappa shape index (κ2) is 8.24. The van der Waals surface area contributed by atoms with Crippen LogP contribution in [0, 0.1) is 5.92 Å². The first-order valence-electron chi connectivity index (χ1n) is 10.2. The maximum atomic E-state index is 13.7. The lowest BCUT2D eigenvalue weighted by molar-refractivity contribution is -0.131. The molecule has 160 valence electrons. The first-order valence-corrected chi connectivity index (χ1v) is 12.0. The molecule has 6 nitrogen and oxygen atoms in total. The van der Waals surface area contributed by atoms with E-state index in [0.29, 0.717) is 29.5 Å². The Balaban J connectivity index is 1.61. The molecule has 3 aliphatic rings. The second-order valence-corrected chi connectivity index (χ2v) is 10.0. The third-order valence-corrected chi connectivity index (χ3v) is 7.55. The molecule has 8 heteroatoms. The van der Waals surface area contributed by atoms with E-state index in [1.54, 1.807) is 17.2 Å². The molecule has 4 unspecified atom stereocenters. The number of amides is 1. The number of aromatic nitrogens is 1. The van der Waals surface area contributed by atoms with Crippen LogP contribution in [0.3, 0.4) is 0 Å². The number of rotatable bonds is 5. The van der Waals surface area contributed by atoms with Crippen LogP contribution in [0.2, 0.25) is 0 Å². The lowest BCUT2D eigenvalue weighted by Crippen LogP contribution is -2.41. The van der Waals surface area contributed by atoms with Gasteiger partial charge < -0.3 is 9.47 Å². The fraction of sp³-hybridized carbons (Fsp3) is 0.348. The summed E-state index contributed by atoms with van der Waals surface area (Å²) in [5.41, 5.74) is 1.22. The molecule has 2 aliphatic heterocycles. The quantitative estimate of drug-likeness (QED) is 0.443. The van der Waals surface area contributed by atoms with Crippen LogP contribution in [0.1, 0.15) is 30.9 Å². The van der Waals surface area contributed by atoms with Gasteiger partial charge >= 0.3 is 0 Å². The first kappa shape index (κ1) is 20.5. The highest BCUT2D eigenvalue weighted by atomic mass is 79.9. The number of ether oxygens (including phenoxy) is 2. The Bertz CT molecular complexity index is 1070. The molecule has 0 spiro atoms. The molecule has 1 amide bonds. The third-order valence-electron chi connectivity index (χ3n) is 5.95. The van der Waals surface area contributed by atoms with Crippen molar-refractivity contribution >= 4 is 44.1 Å². The van der Waals surface area contributed by atoms with E-state index in [1.165, 1.54) is 11.3 Å². The number of benzene rings is 1. The monoisotopic (exact) mass is 500 g/mol. The fourth-order valence-electron chi connectivity index (χ4n) is 4.59. The number of Topliss-reactive ketones (excluding diaryl/α,β-unsaturated/α-hetero) is 1. The van der Waals surface area contributed by atoms with Crippen molar-refractivity contribution in [2.75, 3.05) is 11.5 Å². The highest BCUT2D eigenvalue weighted by Gasteiger charge is 2.53. The number of carbonyl (C=O) groups is 2. The van der Waals surface area contributed by atoms with Crippen LogP contribution >= 0.6 is 27.3 Å². The molecule has 3 heterocycles. The molecule has 31 heavy (non-hydrogen) atoms. The molecular formula is C23H21BrN2O4S. The van der Waals surface area contributed by atoms with Gasteiger partial charge in [0.2, 0.25) is 0 Å². The Kier molecular flexibility index (Phi) is 5.44. The van der Waals surface area contributed by atoms with Crippen LogP contribution in [-0.2, 0) is 14.3 Å². The van der Waals surface area contributed by atoms with Gasteiger partial charge in [0.25, 0.3) is 5.91 Å². The van der Waals surface area contributed by atoms with Crippen molar-refractivity contribution in [2.45, 2.75) is 36.2 Å². The molecule has 1 aromatic carbocycles. The smallest absolute Gasteiger partial charge is 0.296 e. The molecule has 1 fully saturated rings. The number of hydrogen-bond donors (Lipinski definition) is 0. The van der Waals surface area contributed by atoms with Crippen molar-refractivity contribution < 1.29 is 19.1 Å². The van der Waals surface area contributed by atoms with E-state index in [-0.39, 0.29) is 34.3 Å². The maximum absolute atomic E-state index is 13.7. The number of halogens is 1. The number of alkyl halides is 1. The Morgan fingerprint density at radius 2 is 2.23 bits per heavy atom. The van der Waals surface area contributed by atoms with Crippen LogP contribution in [-0.4, -0.2) is 34.2 Å². The van der Waals surface area contributed by atoms with E-state index in [1.807, 2.05) is 29.6 Å². The van der Waals surface area contributed by atoms with Gasteiger partial charge in [0.15, 0.2) is 16.7 Å². The Hall–Kier alpha value is -2.45. The number of ketones is 1. The molecule has 0 saturated heterocycles. The van der Waals surface area contributed by atoms with Crippen molar-refractivity contribution in [2.24, 2.45) is 5.92 Å². The summed E-state index contributed by atoms with van der Waals surface area (Å²) in [6, 6.07) is 6.89. The summed E-state index contributed by atoms with van der Waals surface area (Å²) < 4.78 is 11.9. The first-order chi connectivity index (χ1) is 15.1. The van der Waals surface area contributed by atoms with E-state index in [9.17, 15) is 9.59 Å². The predicted molar refractivity (Wildman–Crippen MR) is 121 cm³/mol. The van der Waals surface area contributed by atoms with Crippen LogP contribution in [0.5, 0.6) is 5.75 Å². The third kappa shape index (κ3) is 3.51. The lowest BCUT2D eigenvalue weighted by Gasteiger charge is -2.37. The molecule has 1 aromatic heterocycles. The number of nitrogens with zero attached hydrogens (tertiary/aromatic N) is 2. The van der Waals surface area contributed by atoms with Gasteiger partial charge in [-0.1, -0.05) is 40.7 Å². The van der Waals surface area contributed by atoms with E-state index >= 15 is 0 Å². The van der Waals surface area contributed by atoms with Gasteiger partial charge in [-0.15, -0.1) is 11.3 Å². The second-order valence-electron chi connectivity index (χ2n) is 7.84. The average molecular weight is 501 g/mol. The lowest BCUT2D eigenvalue weighted by atomic mass is 9.77. The molecule has 0 radical (unpaired) electrons. The standard InChI is InChI=1S/C23H21BrN2O4S/c1-2-9-29-15-5-3-4-13(11-15)19-18-20(27)16-12-14(24)6-7-17(16)30-21(18)22(28)26(19)23-25-8-10-31-23/h2-5,8,10-11,14,16-17,19H,1,6-7,9,12H2. The van der Waals surface area contributed by atoms with E-state index < -0.39 is 6.04 Å². The van der Waals surface area contributed by atoms with Crippen molar-refractivity contribution in [3.05, 3.63) is 65.4 Å². The number of thiazole rings is 1. The summed E-state index contributed by atoms with van der Waals surface area (Å²) in [5.74, 6) is 0.282. The molecule has 0 N–H and O–H groups in total. The van der Waals surface area contributed by atoms with Crippen molar-refractivity contribution in [3.8, 4) is 5.75 Å². The zero-order valence-electron chi connectivity index (χ0n) is 16.7. The minimum atomic E-state index is -0.593. The molecule has 2 aromatic rings. The summed E-state index contributed by atoms with van der Waals surface area (Å²) in [4.78, 5) is 33.4. The largest absolute Gasteiger partial charge is 0.490 e. The zero-order chi connectivity index (χ0) is 21.5. The molecule has 4 atom stereocenters. The van der Waals surface area contributed by atoms with Gasteiger partial charge in [-0.2, -0.15) is 0 Å². The van der Waals surface area contributed by atoms with Gasteiger partial charge in [0.05, 0.1) is 17.5 Å². The number of hydrogen-bond acceptors (Lipinski definition) is 6. The van der Waals surface area contributed by atoms with Crippen molar-refractivity contribution in [3.63, 3.8) is 0 Å². The SMILES string of the molecule is C=CCOc1cccc(C2C3=C(OC4CCC(Br)CC4C3=O)C(=O)N2c2nccs2)c1. The number of carbonyl (C=O) groups excluding carboxylic acids is 2. The summed E-state index contributed by atoms with van der Waals surface area (Å²) >= 11 is 5.03. The van der Waals surface area contributed by atoms with Gasteiger partial charge in [-0.25, -0.2) is 4.98 Å². The fourth-order valence-corrected chi connectivity index (χ4v) is 5.93. The van der Waals surface area contributed by atoms with Gasteiger partial charge in [-0.3, -0.25) is 14.5 Å². The topological polar surface area (TPSA) is 68.7 Å². The highest BCUT2D eigenvalue weighted by Crippen LogP contribution is 2.49. The molecule has 1 aliphatic carbocycles. The summed E-state index contributed by atoms with van der Waals surface area (Å²) in [6.45, 7) is 4.05. The maximum Gasteiger partial charge on any atom is 0.296 e. The van der Waals surface area contributed by atoms with Gasteiger partial charge in [-0.05, 0) is 37.0 Å². The minimum absolute atomic E-state index is 0.00483.